The zero-order chi connectivity index (χ0) is 6.97. The Bertz CT molecular complexity index is 159. The van der Waals surface area contributed by atoms with Crippen LogP contribution in [0.4, 0.5) is 0 Å². The Morgan fingerprint density at radius 1 is 1.70 bits per heavy atom. The van der Waals surface area contributed by atoms with E-state index < -0.39 is 0 Å². The topological polar surface area (TPSA) is 15.3 Å². The number of nitrogens with zero attached hydrogens (tertiary/aromatic N) is 1. The monoisotopic (exact) mass is 138 g/mol. The van der Waals surface area contributed by atoms with E-state index in [0.29, 0.717) is 0 Å². The molecule has 1 aliphatic carbocycles. The van der Waals surface area contributed by atoms with E-state index in [1.165, 1.54) is 25.0 Å². The largest absolute Gasteiger partial charge is 0.315 e. The molecule has 2 nitrogen and oxygen atoms in total. The molecule has 0 aromatic carbocycles. The summed E-state index contributed by atoms with van der Waals surface area (Å²) in [5, 5.41) is 2.23. The normalized spacial score (nSPS) is 25.3. The van der Waals surface area contributed by atoms with Gasteiger partial charge in [0.2, 0.25) is 0 Å². The van der Waals surface area contributed by atoms with E-state index in [9.17, 15) is 0 Å². The maximum Gasteiger partial charge on any atom is 0.0375 e. The average Bonchev–Trinajstić information content (AvgIpc) is 2.59. The smallest absolute Gasteiger partial charge is 0.0375 e. The summed E-state index contributed by atoms with van der Waals surface area (Å²) in [7, 11) is 0. The molecule has 0 radical (unpaired) electrons. The third kappa shape index (κ3) is 1.32. The molecule has 0 aromatic rings. The van der Waals surface area contributed by atoms with Gasteiger partial charge in [0.15, 0.2) is 0 Å². The summed E-state index contributed by atoms with van der Waals surface area (Å²) in [6.07, 6.45) is 5.09. The van der Waals surface area contributed by atoms with Crippen LogP contribution in [0.2, 0.25) is 0 Å². The standard InChI is InChI=1S/C8H14N2/c1-7-4-9-10(5-7)6-8-2-3-8/h5,8-9H,2-4,6H2,1H3. The average molecular weight is 138 g/mol. The lowest BCUT2D eigenvalue weighted by Crippen LogP contribution is -2.30. The number of nitrogens with one attached hydrogen (secondary N) is 1. The summed E-state index contributed by atoms with van der Waals surface area (Å²) in [4.78, 5) is 0. The molecule has 1 fully saturated rings. The lowest BCUT2D eigenvalue weighted by molar-refractivity contribution is 0.294. The quantitative estimate of drug-likeness (QED) is 0.615. The molecule has 1 N–H and O–H groups in total. The van der Waals surface area contributed by atoms with Crippen LogP contribution >= 0.6 is 0 Å². The minimum absolute atomic E-state index is 0.981. The maximum absolute atomic E-state index is 3.32. The first-order valence-electron chi connectivity index (χ1n) is 4.02. The summed E-state index contributed by atoms with van der Waals surface area (Å²) in [6, 6.07) is 0. The molecule has 0 atom stereocenters. The van der Waals surface area contributed by atoms with Gasteiger partial charge in [-0.05, 0) is 31.3 Å². The zero-order valence-electron chi connectivity index (χ0n) is 6.43. The van der Waals surface area contributed by atoms with E-state index in [-0.39, 0.29) is 0 Å². The molecule has 0 amide bonds. The molecule has 0 unspecified atom stereocenters. The Morgan fingerprint density at radius 3 is 3.00 bits per heavy atom. The Kier molecular flexibility index (Phi) is 1.42. The Hall–Kier alpha value is -0.500. The van der Waals surface area contributed by atoms with Gasteiger partial charge in [-0.15, -0.1) is 0 Å². The van der Waals surface area contributed by atoms with Crippen molar-refractivity contribution in [2.24, 2.45) is 5.92 Å². The molecule has 1 saturated carbocycles. The first kappa shape index (κ1) is 6.23. The second-order valence-electron chi connectivity index (χ2n) is 3.41. The van der Waals surface area contributed by atoms with Crippen LogP contribution in [0.15, 0.2) is 11.8 Å². The predicted octanol–water partition coefficient (Wildman–Crippen LogP) is 1.12. The molecular weight excluding hydrogens is 124 g/mol. The van der Waals surface area contributed by atoms with Crippen LogP contribution in [-0.4, -0.2) is 18.1 Å². The maximum atomic E-state index is 3.32. The van der Waals surface area contributed by atoms with Gasteiger partial charge in [-0.2, -0.15) is 0 Å². The molecule has 10 heavy (non-hydrogen) atoms. The molecule has 2 rings (SSSR count). The number of hydrazine groups is 1. The van der Waals surface area contributed by atoms with Gasteiger partial charge in [-0.25, -0.2) is 5.43 Å². The van der Waals surface area contributed by atoms with Crippen LogP contribution in [0.1, 0.15) is 19.8 Å². The van der Waals surface area contributed by atoms with Crippen molar-refractivity contribution in [3.63, 3.8) is 0 Å². The van der Waals surface area contributed by atoms with Crippen molar-refractivity contribution in [1.29, 1.82) is 0 Å². The van der Waals surface area contributed by atoms with Gasteiger partial charge in [0.25, 0.3) is 0 Å². The van der Waals surface area contributed by atoms with E-state index in [1.54, 1.807) is 0 Å². The first-order chi connectivity index (χ1) is 4.84. The molecule has 0 saturated heterocycles. The fourth-order valence-electron chi connectivity index (χ4n) is 1.28. The lowest BCUT2D eigenvalue weighted by atomic mass is 10.3. The number of rotatable bonds is 2. The third-order valence-electron chi connectivity index (χ3n) is 2.09. The molecule has 0 bridgehead atoms. The molecule has 2 heteroatoms. The minimum Gasteiger partial charge on any atom is -0.315 e. The third-order valence-corrected chi connectivity index (χ3v) is 2.09. The van der Waals surface area contributed by atoms with Crippen LogP contribution in [-0.2, 0) is 0 Å². The van der Waals surface area contributed by atoms with Crippen molar-refractivity contribution in [3.05, 3.63) is 11.8 Å². The molecule has 1 aliphatic heterocycles. The van der Waals surface area contributed by atoms with Crippen molar-refractivity contribution in [2.45, 2.75) is 19.8 Å². The minimum atomic E-state index is 0.981. The summed E-state index contributed by atoms with van der Waals surface area (Å²) >= 11 is 0. The Morgan fingerprint density at radius 2 is 2.50 bits per heavy atom. The van der Waals surface area contributed by atoms with E-state index in [4.69, 9.17) is 0 Å². The van der Waals surface area contributed by atoms with Gasteiger partial charge in [0.05, 0.1) is 0 Å². The first-order valence-corrected chi connectivity index (χ1v) is 4.02. The van der Waals surface area contributed by atoms with Crippen molar-refractivity contribution >= 4 is 0 Å². The van der Waals surface area contributed by atoms with Gasteiger partial charge in [0.1, 0.15) is 0 Å². The predicted molar refractivity (Wildman–Crippen MR) is 41.2 cm³/mol. The van der Waals surface area contributed by atoms with Gasteiger partial charge in [-0.1, -0.05) is 0 Å². The van der Waals surface area contributed by atoms with Crippen LogP contribution in [0.25, 0.3) is 0 Å². The van der Waals surface area contributed by atoms with Crippen LogP contribution in [0, 0.1) is 5.92 Å². The Balaban J connectivity index is 1.82. The highest BCUT2D eigenvalue weighted by atomic mass is 15.5. The number of hydrogen-bond donors (Lipinski definition) is 1. The van der Waals surface area contributed by atoms with E-state index in [1.807, 2.05) is 0 Å². The van der Waals surface area contributed by atoms with Gasteiger partial charge in [0, 0.05) is 19.3 Å². The Labute approximate surface area is 61.9 Å². The molecule has 0 aromatic heterocycles. The molecular formula is C8H14N2. The highest BCUT2D eigenvalue weighted by Gasteiger charge is 2.24. The van der Waals surface area contributed by atoms with Gasteiger partial charge in [-0.3, -0.25) is 0 Å². The SMILES string of the molecule is CC1=CN(CC2CC2)NC1. The van der Waals surface area contributed by atoms with Crippen molar-refractivity contribution < 1.29 is 0 Å². The fourth-order valence-corrected chi connectivity index (χ4v) is 1.28. The van der Waals surface area contributed by atoms with Crippen molar-refractivity contribution in [2.75, 3.05) is 13.1 Å². The van der Waals surface area contributed by atoms with Crippen molar-refractivity contribution in [3.8, 4) is 0 Å². The summed E-state index contributed by atoms with van der Waals surface area (Å²) in [5.74, 6) is 0.981. The molecule has 0 spiro atoms. The molecule has 56 valence electrons. The van der Waals surface area contributed by atoms with Crippen LogP contribution in [0.3, 0.4) is 0 Å². The van der Waals surface area contributed by atoms with E-state index in [2.05, 4.69) is 23.6 Å². The fraction of sp³-hybridized carbons (Fsp3) is 0.750. The molecule has 1 heterocycles. The van der Waals surface area contributed by atoms with Gasteiger partial charge < -0.3 is 5.01 Å². The molecule has 2 aliphatic rings. The second kappa shape index (κ2) is 2.27. The lowest BCUT2D eigenvalue weighted by Gasteiger charge is -2.14. The summed E-state index contributed by atoms with van der Waals surface area (Å²) in [5.41, 5.74) is 4.76. The van der Waals surface area contributed by atoms with Gasteiger partial charge >= 0.3 is 0 Å². The van der Waals surface area contributed by atoms with Crippen molar-refractivity contribution in [1.82, 2.24) is 10.4 Å². The highest BCUT2D eigenvalue weighted by molar-refractivity contribution is 5.04. The zero-order valence-corrected chi connectivity index (χ0v) is 6.43. The van der Waals surface area contributed by atoms with Crippen LogP contribution < -0.4 is 5.43 Å². The van der Waals surface area contributed by atoms with E-state index in [0.717, 1.165) is 12.5 Å². The second-order valence-corrected chi connectivity index (χ2v) is 3.41. The highest BCUT2D eigenvalue weighted by Crippen LogP contribution is 2.29. The van der Waals surface area contributed by atoms with Crippen LogP contribution in [0.5, 0.6) is 0 Å². The van der Waals surface area contributed by atoms with E-state index >= 15 is 0 Å². The number of hydrogen-bond acceptors (Lipinski definition) is 2. The summed E-state index contributed by atoms with van der Waals surface area (Å²) < 4.78 is 0. The summed E-state index contributed by atoms with van der Waals surface area (Å²) in [6.45, 7) is 4.43.